The molecule has 1 N–H and O–H groups in total. The number of methoxy groups -OCH3 is 2. The number of benzene rings is 1. The van der Waals surface area contributed by atoms with Crippen LogP contribution >= 0.6 is 0 Å². The van der Waals surface area contributed by atoms with Gasteiger partial charge in [0.15, 0.2) is 0 Å². The molecule has 0 radical (unpaired) electrons. The number of hydrogen-bond acceptors (Lipinski definition) is 3. The van der Waals surface area contributed by atoms with Crippen LogP contribution in [0.15, 0.2) is 18.2 Å². The van der Waals surface area contributed by atoms with Crippen molar-refractivity contribution in [3.05, 3.63) is 18.2 Å². The first-order valence-corrected chi connectivity index (χ1v) is 6.55. The molecule has 100 valence electrons. The Bertz CT molecular complexity index is 415. The summed E-state index contributed by atoms with van der Waals surface area (Å²) in [5.41, 5.74) is 1.37. The summed E-state index contributed by atoms with van der Waals surface area (Å²) in [6.07, 6.45) is 3.78. The van der Waals surface area contributed by atoms with Crippen LogP contribution in [0, 0.1) is 5.41 Å². The first-order chi connectivity index (χ1) is 8.56. The van der Waals surface area contributed by atoms with Gasteiger partial charge in [0.25, 0.3) is 0 Å². The monoisotopic (exact) mass is 249 g/mol. The van der Waals surface area contributed by atoms with Gasteiger partial charge in [-0.1, -0.05) is 20.3 Å². The van der Waals surface area contributed by atoms with E-state index in [4.69, 9.17) is 9.47 Å². The standard InChI is InChI=1S/C15H23NO2/c1-15(2)9-5-6-14(15)16-12-10-11(17-3)7-8-13(12)18-4/h7-8,10,14,16H,5-6,9H2,1-4H3. The Morgan fingerprint density at radius 1 is 1.22 bits per heavy atom. The van der Waals surface area contributed by atoms with Gasteiger partial charge in [-0.25, -0.2) is 0 Å². The molecule has 0 saturated heterocycles. The van der Waals surface area contributed by atoms with Crippen LogP contribution in [0.25, 0.3) is 0 Å². The minimum Gasteiger partial charge on any atom is -0.497 e. The van der Waals surface area contributed by atoms with E-state index in [1.807, 2.05) is 18.2 Å². The molecule has 18 heavy (non-hydrogen) atoms. The number of rotatable bonds is 4. The zero-order chi connectivity index (χ0) is 13.2. The molecule has 2 rings (SSSR count). The van der Waals surface area contributed by atoms with Crippen LogP contribution in [0.2, 0.25) is 0 Å². The van der Waals surface area contributed by atoms with Crippen LogP contribution in [0.4, 0.5) is 5.69 Å². The van der Waals surface area contributed by atoms with Crippen molar-refractivity contribution in [3.8, 4) is 11.5 Å². The van der Waals surface area contributed by atoms with E-state index in [2.05, 4.69) is 19.2 Å². The van der Waals surface area contributed by atoms with E-state index in [1.165, 1.54) is 19.3 Å². The highest BCUT2D eigenvalue weighted by Gasteiger charge is 2.34. The van der Waals surface area contributed by atoms with E-state index < -0.39 is 0 Å². The first kappa shape index (κ1) is 13.1. The Morgan fingerprint density at radius 2 is 2.00 bits per heavy atom. The lowest BCUT2D eigenvalue weighted by atomic mass is 9.87. The molecule has 1 aliphatic carbocycles. The molecule has 1 fully saturated rings. The minimum atomic E-state index is 0.341. The second-order valence-electron chi connectivity index (χ2n) is 5.64. The SMILES string of the molecule is COc1ccc(OC)c(NC2CCCC2(C)C)c1. The molecule has 1 saturated carbocycles. The van der Waals surface area contributed by atoms with Crippen molar-refractivity contribution < 1.29 is 9.47 Å². The average Bonchev–Trinajstić information content (AvgIpc) is 2.68. The largest absolute Gasteiger partial charge is 0.497 e. The van der Waals surface area contributed by atoms with Crippen molar-refractivity contribution in [1.82, 2.24) is 0 Å². The van der Waals surface area contributed by atoms with Gasteiger partial charge in [-0.3, -0.25) is 0 Å². The fourth-order valence-electron chi connectivity index (χ4n) is 2.71. The van der Waals surface area contributed by atoms with E-state index in [0.29, 0.717) is 11.5 Å². The molecule has 0 spiro atoms. The van der Waals surface area contributed by atoms with Crippen molar-refractivity contribution in [2.45, 2.75) is 39.2 Å². The van der Waals surface area contributed by atoms with Crippen molar-refractivity contribution in [3.63, 3.8) is 0 Å². The summed E-state index contributed by atoms with van der Waals surface area (Å²) >= 11 is 0. The van der Waals surface area contributed by atoms with Gasteiger partial charge >= 0.3 is 0 Å². The van der Waals surface area contributed by atoms with Crippen molar-refractivity contribution in [1.29, 1.82) is 0 Å². The summed E-state index contributed by atoms with van der Waals surface area (Å²) in [6.45, 7) is 4.65. The Kier molecular flexibility index (Phi) is 3.69. The Morgan fingerprint density at radius 3 is 2.56 bits per heavy atom. The lowest BCUT2D eigenvalue weighted by molar-refractivity contribution is 0.347. The average molecular weight is 249 g/mol. The quantitative estimate of drug-likeness (QED) is 0.882. The molecule has 1 aromatic carbocycles. The smallest absolute Gasteiger partial charge is 0.142 e. The van der Waals surface area contributed by atoms with Crippen LogP contribution in [0.1, 0.15) is 33.1 Å². The van der Waals surface area contributed by atoms with Gasteiger partial charge in [0.1, 0.15) is 11.5 Å². The van der Waals surface area contributed by atoms with Crippen LogP contribution in [0.3, 0.4) is 0 Å². The van der Waals surface area contributed by atoms with Gasteiger partial charge in [-0.15, -0.1) is 0 Å². The van der Waals surface area contributed by atoms with Crippen molar-refractivity contribution in [2.75, 3.05) is 19.5 Å². The summed E-state index contributed by atoms with van der Waals surface area (Å²) in [6, 6.07) is 6.37. The highest BCUT2D eigenvalue weighted by Crippen LogP contribution is 2.41. The maximum atomic E-state index is 5.41. The maximum absolute atomic E-state index is 5.41. The highest BCUT2D eigenvalue weighted by atomic mass is 16.5. The molecule has 1 aliphatic rings. The number of ether oxygens (including phenoxy) is 2. The zero-order valence-corrected chi connectivity index (χ0v) is 11.7. The van der Waals surface area contributed by atoms with Gasteiger partial charge in [0.05, 0.1) is 19.9 Å². The van der Waals surface area contributed by atoms with Gasteiger partial charge in [-0.05, 0) is 30.4 Å². The molecular weight excluding hydrogens is 226 g/mol. The Balaban J connectivity index is 2.21. The van der Waals surface area contributed by atoms with Crippen LogP contribution < -0.4 is 14.8 Å². The summed E-state index contributed by atoms with van der Waals surface area (Å²) in [4.78, 5) is 0. The van der Waals surface area contributed by atoms with E-state index in [9.17, 15) is 0 Å². The molecule has 3 heteroatoms. The van der Waals surface area contributed by atoms with E-state index in [1.54, 1.807) is 14.2 Å². The maximum Gasteiger partial charge on any atom is 0.142 e. The molecule has 3 nitrogen and oxygen atoms in total. The summed E-state index contributed by atoms with van der Waals surface area (Å²) < 4.78 is 10.7. The van der Waals surface area contributed by atoms with E-state index >= 15 is 0 Å². The second-order valence-corrected chi connectivity index (χ2v) is 5.64. The summed E-state index contributed by atoms with van der Waals surface area (Å²) in [7, 11) is 3.39. The van der Waals surface area contributed by atoms with Crippen molar-refractivity contribution >= 4 is 5.69 Å². The van der Waals surface area contributed by atoms with Crippen LogP contribution in [0.5, 0.6) is 11.5 Å². The summed E-state index contributed by atoms with van der Waals surface area (Å²) in [5.74, 6) is 1.73. The molecular formula is C15H23NO2. The molecule has 1 aromatic rings. The van der Waals surface area contributed by atoms with E-state index in [0.717, 1.165) is 17.2 Å². The minimum absolute atomic E-state index is 0.341. The molecule has 0 aliphatic heterocycles. The van der Waals surface area contributed by atoms with Gasteiger partial charge in [-0.2, -0.15) is 0 Å². The third-order valence-corrected chi connectivity index (χ3v) is 3.99. The number of nitrogens with one attached hydrogen (secondary N) is 1. The number of anilines is 1. The van der Waals surface area contributed by atoms with Gasteiger partial charge in [0.2, 0.25) is 0 Å². The van der Waals surface area contributed by atoms with Crippen LogP contribution in [-0.4, -0.2) is 20.3 Å². The molecule has 1 unspecified atom stereocenters. The van der Waals surface area contributed by atoms with E-state index in [-0.39, 0.29) is 0 Å². The molecule has 1 atom stereocenters. The molecule has 0 aromatic heterocycles. The first-order valence-electron chi connectivity index (χ1n) is 6.55. The topological polar surface area (TPSA) is 30.5 Å². The predicted molar refractivity (Wildman–Crippen MR) is 74.6 cm³/mol. The molecule has 0 heterocycles. The van der Waals surface area contributed by atoms with Crippen LogP contribution in [-0.2, 0) is 0 Å². The lowest BCUT2D eigenvalue weighted by Gasteiger charge is -2.29. The van der Waals surface area contributed by atoms with Gasteiger partial charge < -0.3 is 14.8 Å². The summed E-state index contributed by atoms with van der Waals surface area (Å²) in [5, 5.41) is 3.62. The zero-order valence-electron chi connectivity index (χ0n) is 11.7. The molecule has 0 amide bonds. The second kappa shape index (κ2) is 5.09. The Labute approximate surface area is 109 Å². The van der Waals surface area contributed by atoms with Gasteiger partial charge in [0, 0.05) is 12.1 Å². The molecule has 0 bridgehead atoms. The Hall–Kier alpha value is -1.38. The fourth-order valence-corrected chi connectivity index (χ4v) is 2.71. The third-order valence-electron chi connectivity index (χ3n) is 3.99. The van der Waals surface area contributed by atoms with Crippen molar-refractivity contribution in [2.24, 2.45) is 5.41 Å². The normalized spacial score (nSPS) is 21.7. The predicted octanol–water partition coefficient (Wildman–Crippen LogP) is 3.69. The fraction of sp³-hybridized carbons (Fsp3) is 0.600. The number of hydrogen-bond donors (Lipinski definition) is 1. The third kappa shape index (κ3) is 2.55. The highest BCUT2D eigenvalue weighted by molar-refractivity contribution is 5.60. The lowest BCUT2D eigenvalue weighted by Crippen LogP contribution is -2.30.